The Labute approximate surface area is 488 Å². The van der Waals surface area contributed by atoms with Gasteiger partial charge in [0.25, 0.3) is 0 Å². The van der Waals surface area contributed by atoms with E-state index in [1.54, 1.807) is 0 Å². The molecule has 0 aliphatic heterocycles. The molecule has 0 bridgehead atoms. The van der Waals surface area contributed by atoms with E-state index in [0.29, 0.717) is 12.8 Å². The van der Waals surface area contributed by atoms with Gasteiger partial charge in [-0.3, -0.25) is 9.59 Å². The number of esters is 2. The van der Waals surface area contributed by atoms with E-state index in [-0.39, 0.29) is 25.2 Å². The van der Waals surface area contributed by atoms with Crippen LogP contribution in [0, 0.1) is 0 Å². The summed E-state index contributed by atoms with van der Waals surface area (Å²) in [6.45, 7) is 4.09. The van der Waals surface area contributed by atoms with Crippen molar-refractivity contribution in [1.29, 1.82) is 0 Å². The normalized spacial score (nSPS) is 12.4. The molecule has 0 radical (unpaired) electrons. The summed E-state index contributed by atoms with van der Waals surface area (Å²) >= 11 is 0. The zero-order chi connectivity index (χ0) is 56.2. The molecule has 0 saturated heterocycles. The van der Waals surface area contributed by atoms with E-state index in [1.165, 1.54) is 302 Å². The smallest absolute Gasteiger partial charge is 0.306 e. The van der Waals surface area contributed by atoms with E-state index in [0.717, 1.165) is 57.8 Å². The molecular weight excluding hydrogens is 957 g/mol. The zero-order valence-corrected chi connectivity index (χ0v) is 52.7. The molecule has 0 heterocycles. The Hall–Kier alpha value is -2.14. The molecule has 1 unspecified atom stereocenters. The number of unbranched alkanes of at least 4 members (excludes halogenated alkanes) is 50. The minimum Gasteiger partial charge on any atom is -0.462 e. The van der Waals surface area contributed by atoms with Crippen molar-refractivity contribution in [3.8, 4) is 0 Å². The molecule has 0 aliphatic carbocycles. The zero-order valence-electron chi connectivity index (χ0n) is 52.7. The Bertz CT molecular complexity index is 1280. The summed E-state index contributed by atoms with van der Waals surface area (Å²) in [7, 11) is 0. The van der Waals surface area contributed by atoms with Gasteiger partial charge in [-0.15, -0.1) is 0 Å². The molecule has 0 saturated carbocycles. The molecule has 0 spiro atoms. The van der Waals surface area contributed by atoms with Crippen LogP contribution in [0.5, 0.6) is 0 Å². The molecule has 1 N–H and O–H groups in total. The summed E-state index contributed by atoms with van der Waals surface area (Å²) in [4.78, 5) is 24.6. The molecule has 0 aliphatic rings. The average molecular weight is 1090 g/mol. The predicted octanol–water partition coefficient (Wildman–Crippen LogP) is 24.3. The van der Waals surface area contributed by atoms with Gasteiger partial charge in [0.05, 0.1) is 6.61 Å². The van der Waals surface area contributed by atoms with Crippen LogP contribution >= 0.6 is 0 Å². The largest absolute Gasteiger partial charge is 0.462 e. The van der Waals surface area contributed by atoms with Crippen molar-refractivity contribution in [2.24, 2.45) is 0 Å². The van der Waals surface area contributed by atoms with Crippen molar-refractivity contribution in [2.75, 3.05) is 13.2 Å². The van der Waals surface area contributed by atoms with Gasteiger partial charge in [-0.1, -0.05) is 371 Å². The van der Waals surface area contributed by atoms with Crippen LogP contribution in [-0.2, 0) is 19.1 Å². The lowest BCUT2D eigenvalue weighted by molar-refractivity contribution is -0.161. The monoisotopic (exact) mass is 1090 g/mol. The first-order chi connectivity index (χ1) is 38.6. The molecular formula is C73H136O5. The second kappa shape index (κ2) is 69.1. The summed E-state index contributed by atoms with van der Waals surface area (Å²) in [6, 6.07) is 0. The molecule has 5 nitrogen and oxygen atoms in total. The van der Waals surface area contributed by atoms with Gasteiger partial charge in [-0.2, -0.15) is 0 Å². The molecule has 0 fully saturated rings. The summed E-state index contributed by atoms with van der Waals surface area (Å²) in [5.41, 5.74) is 0. The first kappa shape index (κ1) is 75.9. The SMILES string of the molecule is CC/C=C\C/C=C\C/C=C\C/C=C\CCCCCCCCCCCCCCCCCCC(=O)OC(CO)COC(=O)CCCCCCCCCCCCCCCCCCCCCCCCCCCCCCCCCCCCC. The van der Waals surface area contributed by atoms with Crippen LogP contribution in [-0.4, -0.2) is 36.4 Å². The predicted molar refractivity (Wildman–Crippen MR) is 344 cm³/mol. The van der Waals surface area contributed by atoms with Gasteiger partial charge in [-0.05, 0) is 51.4 Å². The number of aliphatic hydroxyl groups excluding tert-OH is 1. The van der Waals surface area contributed by atoms with Crippen molar-refractivity contribution in [2.45, 2.75) is 392 Å². The maximum atomic E-state index is 12.4. The maximum absolute atomic E-state index is 12.4. The topological polar surface area (TPSA) is 72.8 Å². The van der Waals surface area contributed by atoms with Crippen LogP contribution in [0.2, 0.25) is 0 Å². The van der Waals surface area contributed by atoms with Gasteiger partial charge >= 0.3 is 11.9 Å². The minimum absolute atomic E-state index is 0.0605. The third-order valence-electron chi connectivity index (χ3n) is 16.1. The number of carbonyl (C=O) groups excluding carboxylic acids is 2. The first-order valence-electron chi connectivity index (χ1n) is 35.2. The van der Waals surface area contributed by atoms with Gasteiger partial charge < -0.3 is 14.6 Å². The fraction of sp³-hybridized carbons (Fsp3) is 0.863. The van der Waals surface area contributed by atoms with Crippen LogP contribution in [0.3, 0.4) is 0 Å². The van der Waals surface area contributed by atoms with Crippen LogP contribution in [0.1, 0.15) is 386 Å². The van der Waals surface area contributed by atoms with Gasteiger partial charge in [0.2, 0.25) is 0 Å². The summed E-state index contributed by atoms with van der Waals surface area (Å²) in [5.74, 6) is -0.569. The number of hydrogen-bond acceptors (Lipinski definition) is 5. The minimum atomic E-state index is -0.771. The Morgan fingerprint density at radius 2 is 0.551 bits per heavy atom. The lowest BCUT2D eigenvalue weighted by Gasteiger charge is -2.15. The lowest BCUT2D eigenvalue weighted by atomic mass is 10.0. The summed E-state index contributed by atoms with van der Waals surface area (Å²) < 4.78 is 10.8. The fourth-order valence-electron chi connectivity index (χ4n) is 10.9. The lowest BCUT2D eigenvalue weighted by Crippen LogP contribution is -2.28. The first-order valence-corrected chi connectivity index (χ1v) is 35.2. The highest BCUT2D eigenvalue weighted by atomic mass is 16.6. The van der Waals surface area contributed by atoms with E-state index in [9.17, 15) is 14.7 Å². The standard InChI is InChI=1S/C73H136O5/c1-3-5-7-9-11-13-15-17-19-21-23-25-27-29-31-33-34-35-36-37-38-40-41-43-45-47-49-51-53-55-57-59-61-63-65-67-72(75)77-70-71(69-74)78-73(76)68-66-64-62-60-58-56-54-52-50-48-46-44-42-39-32-30-28-26-24-22-20-18-16-14-12-10-8-6-4-2/h6,8,12,14,18,20,24,26,71,74H,3-5,7,9-11,13,15-17,19,21-23,25,27-70H2,1-2H3/b8-6-,14-12-,20-18-,26-24-. The van der Waals surface area contributed by atoms with Crippen molar-refractivity contribution >= 4 is 11.9 Å². The van der Waals surface area contributed by atoms with Crippen LogP contribution < -0.4 is 0 Å². The second-order valence-corrected chi connectivity index (χ2v) is 23.9. The average Bonchev–Trinajstić information content (AvgIpc) is 3.44. The number of hydrogen-bond donors (Lipinski definition) is 1. The Balaban J connectivity index is 3.38. The van der Waals surface area contributed by atoms with E-state index < -0.39 is 6.10 Å². The van der Waals surface area contributed by atoms with Gasteiger partial charge in [0.1, 0.15) is 6.61 Å². The highest BCUT2D eigenvalue weighted by Gasteiger charge is 2.16. The Morgan fingerprint density at radius 1 is 0.308 bits per heavy atom. The second-order valence-electron chi connectivity index (χ2n) is 23.9. The number of rotatable bonds is 66. The molecule has 78 heavy (non-hydrogen) atoms. The van der Waals surface area contributed by atoms with E-state index >= 15 is 0 Å². The molecule has 0 aromatic heterocycles. The molecule has 5 heteroatoms. The van der Waals surface area contributed by atoms with Crippen LogP contribution in [0.15, 0.2) is 48.6 Å². The third-order valence-corrected chi connectivity index (χ3v) is 16.1. The Morgan fingerprint density at radius 3 is 0.833 bits per heavy atom. The maximum Gasteiger partial charge on any atom is 0.306 e. The molecule has 1 atom stereocenters. The fourth-order valence-corrected chi connectivity index (χ4v) is 10.9. The summed E-state index contributed by atoms with van der Waals surface area (Å²) in [6.07, 6.45) is 93.0. The number of allylic oxidation sites excluding steroid dienone is 8. The quantitative estimate of drug-likeness (QED) is 0.0373. The van der Waals surface area contributed by atoms with Gasteiger partial charge in [0, 0.05) is 12.8 Å². The summed E-state index contributed by atoms with van der Waals surface area (Å²) in [5, 5.41) is 9.70. The van der Waals surface area contributed by atoms with E-state index in [1.807, 2.05) is 0 Å². The Kier molecular flexibility index (Phi) is 67.2. The number of ether oxygens (including phenoxy) is 2. The van der Waals surface area contributed by atoms with Crippen LogP contribution in [0.4, 0.5) is 0 Å². The molecule has 0 rings (SSSR count). The van der Waals surface area contributed by atoms with Gasteiger partial charge in [0.15, 0.2) is 6.10 Å². The highest BCUT2D eigenvalue weighted by Crippen LogP contribution is 2.19. The van der Waals surface area contributed by atoms with Crippen molar-refractivity contribution in [3.63, 3.8) is 0 Å². The number of aliphatic hydroxyl groups is 1. The van der Waals surface area contributed by atoms with Crippen molar-refractivity contribution < 1.29 is 24.2 Å². The highest BCUT2D eigenvalue weighted by molar-refractivity contribution is 5.70. The molecule has 0 amide bonds. The van der Waals surface area contributed by atoms with Crippen molar-refractivity contribution in [3.05, 3.63) is 48.6 Å². The molecule has 0 aromatic rings. The van der Waals surface area contributed by atoms with E-state index in [2.05, 4.69) is 62.5 Å². The van der Waals surface area contributed by atoms with Gasteiger partial charge in [-0.25, -0.2) is 0 Å². The third kappa shape index (κ3) is 66.4. The number of carbonyl (C=O) groups is 2. The molecule has 458 valence electrons. The van der Waals surface area contributed by atoms with Crippen molar-refractivity contribution in [1.82, 2.24) is 0 Å². The van der Waals surface area contributed by atoms with E-state index in [4.69, 9.17) is 9.47 Å². The van der Waals surface area contributed by atoms with Crippen LogP contribution in [0.25, 0.3) is 0 Å². The molecule has 0 aromatic carbocycles.